The van der Waals surface area contributed by atoms with Crippen LogP contribution in [-0.2, 0) is 0 Å². The summed E-state index contributed by atoms with van der Waals surface area (Å²) in [6.45, 7) is 0.391. The number of halogens is 3. The SMILES string of the molecule is Fc1cc(OCCCl)ccc1Br. The maximum atomic E-state index is 12.8. The zero-order chi connectivity index (χ0) is 8.97. The van der Waals surface area contributed by atoms with Gasteiger partial charge in [-0.05, 0) is 28.1 Å². The molecule has 66 valence electrons. The van der Waals surface area contributed by atoms with E-state index in [9.17, 15) is 4.39 Å². The molecule has 1 aromatic carbocycles. The minimum atomic E-state index is -0.331. The van der Waals surface area contributed by atoms with Crippen molar-refractivity contribution >= 4 is 27.5 Å². The molecule has 0 heterocycles. The van der Waals surface area contributed by atoms with Gasteiger partial charge in [0.1, 0.15) is 18.2 Å². The highest BCUT2D eigenvalue weighted by molar-refractivity contribution is 9.10. The summed E-state index contributed by atoms with van der Waals surface area (Å²) >= 11 is 8.44. The van der Waals surface area contributed by atoms with Crippen LogP contribution in [0.4, 0.5) is 4.39 Å². The highest BCUT2D eigenvalue weighted by Gasteiger charge is 2.00. The van der Waals surface area contributed by atoms with Crippen molar-refractivity contribution in [3.05, 3.63) is 28.5 Å². The van der Waals surface area contributed by atoms with Crippen LogP contribution in [0.25, 0.3) is 0 Å². The molecule has 0 aliphatic rings. The summed E-state index contributed by atoms with van der Waals surface area (Å²) in [5, 5.41) is 0. The van der Waals surface area contributed by atoms with Gasteiger partial charge in [0.15, 0.2) is 0 Å². The van der Waals surface area contributed by atoms with Crippen molar-refractivity contribution in [1.82, 2.24) is 0 Å². The minimum absolute atomic E-state index is 0.331. The lowest BCUT2D eigenvalue weighted by Crippen LogP contribution is -1.98. The average Bonchev–Trinajstić information content (AvgIpc) is 2.07. The molecule has 0 bridgehead atoms. The molecule has 0 saturated carbocycles. The summed E-state index contributed by atoms with van der Waals surface area (Å²) in [5.74, 6) is 0.566. The van der Waals surface area contributed by atoms with E-state index in [0.717, 1.165) is 0 Å². The van der Waals surface area contributed by atoms with Crippen LogP contribution in [0.5, 0.6) is 5.75 Å². The quantitative estimate of drug-likeness (QED) is 0.752. The Morgan fingerprint density at radius 1 is 1.50 bits per heavy atom. The number of benzene rings is 1. The summed E-state index contributed by atoms with van der Waals surface area (Å²) in [6, 6.07) is 4.59. The largest absolute Gasteiger partial charge is 0.492 e. The van der Waals surface area contributed by atoms with Gasteiger partial charge in [0, 0.05) is 6.07 Å². The number of ether oxygens (including phenoxy) is 1. The smallest absolute Gasteiger partial charge is 0.141 e. The van der Waals surface area contributed by atoms with Gasteiger partial charge in [0.2, 0.25) is 0 Å². The van der Waals surface area contributed by atoms with E-state index in [1.165, 1.54) is 6.07 Å². The molecule has 1 nitrogen and oxygen atoms in total. The molecule has 12 heavy (non-hydrogen) atoms. The van der Waals surface area contributed by atoms with Crippen LogP contribution in [0.15, 0.2) is 22.7 Å². The van der Waals surface area contributed by atoms with Crippen LogP contribution in [0.2, 0.25) is 0 Å². The first-order valence-electron chi connectivity index (χ1n) is 3.38. The Morgan fingerprint density at radius 2 is 2.25 bits per heavy atom. The highest BCUT2D eigenvalue weighted by Crippen LogP contribution is 2.20. The van der Waals surface area contributed by atoms with E-state index < -0.39 is 0 Å². The van der Waals surface area contributed by atoms with Crippen molar-refractivity contribution in [1.29, 1.82) is 0 Å². The Bertz CT molecular complexity index is 267. The van der Waals surface area contributed by atoms with Gasteiger partial charge in [-0.1, -0.05) is 0 Å². The van der Waals surface area contributed by atoms with E-state index in [1.54, 1.807) is 12.1 Å². The fourth-order valence-corrected chi connectivity index (χ4v) is 1.05. The molecule has 0 atom stereocenters. The maximum absolute atomic E-state index is 12.8. The van der Waals surface area contributed by atoms with Crippen LogP contribution >= 0.6 is 27.5 Å². The molecular weight excluding hydrogens is 246 g/mol. The zero-order valence-electron chi connectivity index (χ0n) is 6.19. The molecule has 0 saturated heterocycles. The Morgan fingerprint density at radius 3 is 2.83 bits per heavy atom. The van der Waals surface area contributed by atoms with Crippen LogP contribution < -0.4 is 4.74 Å². The van der Waals surface area contributed by atoms with Crippen molar-refractivity contribution < 1.29 is 9.13 Å². The summed E-state index contributed by atoms with van der Waals surface area (Å²) in [6.07, 6.45) is 0. The standard InChI is InChI=1S/C8H7BrClFO/c9-7-2-1-6(5-8(7)11)12-4-3-10/h1-2,5H,3-4H2. The monoisotopic (exact) mass is 252 g/mol. The third-order valence-electron chi connectivity index (χ3n) is 1.24. The third-order valence-corrected chi connectivity index (χ3v) is 2.03. The second kappa shape index (κ2) is 4.67. The first-order valence-corrected chi connectivity index (χ1v) is 4.70. The molecule has 4 heteroatoms. The average molecular weight is 253 g/mol. The summed E-state index contributed by atoms with van der Waals surface area (Å²) in [4.78, 5) is 0. The van der Waals surface area contributed by atoms with Crippen molar-refractivity contribution in [2.24, 2.45) is 0 Å². The van der Waals surface area contributed by atoms with E-state index in [4.69, 9.17) is 16.3 Å². The van der Waals surface area contributed by atoms with E-state index in [-0.39, 0.29) is 5.82 Å². The summed E-state index contributed by atoms with van der Waals surface area (Å²) < 4.78 is 18.4. The van der Waals surface area contributed by atoms with E-state index in [0.29, 0.717) is 22.7 Å². The first-order chi connectivity index (χ1) is 5.74. The van der Waals surface area contributed by atoms with Crippen LogP contribution in [0.3, 0.4) is 0 Å². The van der Waals surface area contributed by atoms with Crippen molar-refractivity contribution in [3.63, 3.8) is 0 Å². The van der Waals surface area contributed by atoms with E-state index in [1.807, 2.05) is 0 Å². The molecule has 0 fully saturated rings. The van der Waals surface area contributed by atoms with Crippen molar-refractivity contribution in [2.75, 3.05) is 12.5 Å². The van der Waals surface area contributed by atoms with Crippen molar-refractivity contribution in [3.8, 4) is 5.75 Å². The van der Waals surface area contributed by atoms with E-state index >= 15 is 0 Å². The van der Waals surface area contributed by atoms with E-state index in [2.05, 4.69) is 15.9 Å². The predicted molar refractivity (Wildman–Crippen MR) is 50.3 cm³/mol. The molecule has 0 aliphatic heterocycles. The Kier molecular flexibility index (Phi) is 3.82. The molecule has 0 aromatic heterocycles. The Labute approximate surface area is 83.6 Å². The summed E-state index contributed by atoms with van der Waals surface area (Å²) in [5.41, 5.74) is 0. The third kappa shape index (κ3) is 2.64. The van der Waals surface area contributed by atoms with Crippen LogP contribution in [-0.4, -0.2) is 12.5 Å². The van der Waals surface area contributed by atoms with Crippen LogP contribution in [0, 0.1) is 5.82 Å². The molecule has 0 N–H and O–H groups in total. The fraction of sp³-hybridized carbons (Fsp3) is 0.250. The molecule has 0 spiro atoms. The second-order valence-corrected chi connectivity index (χ2v) is 3.35. The van der Waals surface area contributed by atoms with Crippen molar-refractivity contribution in [2.45, 2.75) is 0 Å². The molecule has 1 aromatic rings. The highest BCUT2D eigenvalue weighted by atomic mass is 79.9. The minimum Gasteiger partial charge on any atom is -0.492 e. The topological polar surface area (TPSA) is 9.23 Å². The second-order valence-electron chi connectivity index (χ2n) is 2.11. The van der Waals surface area contributed by atoms with Gasteiger partial charge >= 0.3 is 0 Å². The molecule has 0 aliphatic carbocycles. The Hall–Kier alpha value is -0.280. The van der Waals surface area contributed by atoms with Gasteiger partial charge in [-0.15, -0.1) is 11.6 Å². The maximum Gasteiger partial charge on any atom is 0.141 e. The van der Waals surface area contributed by atoms with Gasteiger partial charge < -0.3 is 4.74 Å². The number of alkyl halides is 1. The molecule has 1 rings (SSSR count). The molecule has 0 amide bonds. The van der Waals surface area contributed by atoms with Crippen LogP contribution in [0.1, 0.15) is 0 Å². The van der Waals surface area contributed by atoms with Gasteiger partial charge in [-0.25, -0.2) is 4.39 Å². The first kappa shape index (κ1) is 9.81. The molecule has 0 radical (unpaired) electrons. The summed E-state index contributed by atoms with van der Waals surface area (Å²) in [7, 11) is 0. The lowest BCUT2D eigenvalue weighted by atomic mass is 10.3. The van der Waals surface area contributed by atoms with Gasteiger partial charge in [-0.2, -0.15) is 0 Å². The zero-order valence-corrected chi connectivity index (χ0v) is 8.53. The predicted octanol–water partition coefficient (Wildman–Crippen LogP) is 3.21. The van der Waals surface area contributed by atoms with Gasteiger partial charge in [0.05, 0.1) is 10.4 Å². The molecular formula is C8H7BrClFO. The lowest BCUT2D eigenvalue weighted by Gasteiger charge is -2.03. The lowest BCUT2D eigenvalue weighted by molar-refractivity contribution is 0.340. The van der Waals surface area contributed by atoms with Gasteiger partial charge in [-0.3, -0.25) is 0 Å². The normalized spacial score (nSPS) is 9.92. The van der Waals surface area contributed by atoms with Gasteiger partial charge in [0.25, 0.3) is 0 Å². The number of hydrogen-bond donors (Lipinski definition) is 0. The molecule has 0 unspecified atom stereocenters. The number of rotatable bonds is 3. The fourth-order valence-electron chi connectivity index (χ4n) is 0.723. The Balaban J connectivity index is 2.69. The number of hydrogen-bond acceptors (Lipinski definition) is 1.